The first-order valence-corrected chi connectivity index (χ1v) is 8.44. The highest BCUT2D eigenvalue weighted by Crippen LogP contribution is 2.28. The first-order chi connectivity index (χ1) is 11.6. The number of aryl methyl sites for hydroxylation is 1. The summed E-state index contributed by atoms with van der Waals surface area (Å²) in [7, 11) is 0. The van der Waals surface area contributed by atoms with Gasteiger partial charge in [0.15, 0.2) is 0 Å². The van der Waals surface area contributed by atoms with Crippen LogP contribution in [0.2, 0.25) is 0 Å². The minimum atomic E-state index is 0.433. The molecule has 1 aliphatic rings. The maximum absolute atomic E-state index is 4.76. The third-order valence-corrected chi connectivity index (χ3v) is 4.48. The van der Waals surface area contributed by atoms with Gasteiger partial charge in [0.1, 0.15) is 0 Å². The summed E-state index contributed by atoms with van der Waals surface area (Å²) in [6.07, 6.45) is 5.51. The van der Waals surface area contributed by atoms with Crippen LogP contribution in [0.25, 0.3) is 0 Å². The van der Waals surface area contributed by atoms with Crippen molar-refractivity contribution < 1.29 is 0 Å². The molecule has 2 aromatic carbocycles. The predicted octanol–water partition coefficient (Wildman–Crippen LogP) is 5.72. The molecular formula is C22H24N2. The fourth-order valence-electron chi connectivity index (χ4n) is 3.08. The summed E-state index contributed by atoms with van der Waals surface area (Å²) >= 11 is 0. The van der Waals surface area contributed by atoms with Crippen molar-refractivity contribution in [3.05, 3.63) is 89.0 Å². The van der Waals surface area contributed by atoms with Crippen LogP contribution in [-0.2, 0) is 0 Å². The summed E-state index contributed by atoms with van der Waals surface area (Å²) in [5.74, 6) is 0.433. The highest BCUT2D eigenvalue weighted by molar-refractivity contribution is 6.01. The molecule has 2 heteroatoms. The van der Waals surface area contributed by atoms with Crippen LogP contribution in [0, 0.1) is 12.8 Å². The Morgan fingerprint density at radius 2 is 1.67 bits per heavy atom. The van der Waals surface area contributed by atoms with Gasteiger partial charge in [0.2, 0.25) is 0 Å². The zero-order chi connectivity index (χ0) is 16.9. The van der Waals surface area contributed by atoms with E-state index in [2.05, 4.69) is 74.7 Å². The fraction of sp³-hybridized carbons (Fsp3) is 0.227. The molecule has 3 rings (SSSR count). The minimum Gasteiger partial charge on any atom is -0.278 e. The summed E-state index contributed by atoms with van der Waals surface area (Å²) in [6, 6.07) is 18.7. The number of allylic oxidation sites excluding steroid dienone is 4. The van der Waals surface area contributed by atoms with Gasteiger partial charge in [-0.25, -0.2) is 0 Å². The van der Waals surface area contributed by atoms with Crippen LogP contribution < -0.4 is 5.43 Å². The van der Waals surface area contributed by atoms with E-state index in [1.165, 1.54) is 22.3 Å². The van der Waals surface area contributed by atoms with Crippen molar-refractivity contribution >= 4 is 11.4 Å². The van der Waals surface area contributed by atoms with Gasteiger partial charge < -0.3 is 0 Å². The fourth-order valence-corrected chi connectivity index (χ4v) is 3.08. The number of hydrogen-bond acceptors (Lipinski definition) is 2. The number of nitrogens with one attached hydrogen (secondary N) is 1. The van der Waals surface area contributed by atoms with Crippen molar-refractivity contribution in [2.75, 3.05) is 5.43 Å². The topological polar surface area (TPSA) is 24.4 Å². The second-order valence-electron chi connectivity index (χ2n) is 6.46. The lowest BCUT2D eigenvalue weighted by Gasteiger charge is -2.14. The molecule has 2 aromatic rings. The molecule has 0 fully saturated rings. The molecule has 0 amide bonds. The largest absolute Gasteiger partial charge is 0.278 e. The number of benzene rings is 2. The zero-order valence-electron chi connectivity index (χ0n) is 14.6. The molecule has 0 bridgehead atoms. The molecule has 0 saturated carbocycles. The van der Waals surface area contributed by atoms with E-state index in [4.69, 9.17) is 5.10 Å². The standard InChI is InChI=1S/C22H24N2/c1-16-13-18(3)20(14-16)15-22(19-10-5-4-6-11-19)24-23-21-12-8-7-9-17(21)2/h4-14,20,23H,15H2,1-3H3. The van der Waals surface area contributed by atoms with Crippen molar-refractivity contribution in [3.8, 4) is 0 Å². The Morgan fingerprint density at radius 3 is 2.33 bits per heavy atom. The molecule has 1 atom stereocenters. The molecule has 0 saturated heterocycles. The Kier molecular flexibility index (Phi) is 4.95. The number of nitrogens with zero attached hydrogens (tertiary/aromatic N) is 1. The van der Waals surface area contributed by atoms with Crippen LogP contribution in [-0.4, -0.2) is 5.71 Å². The van der Waals surface area contributed by atoms with E-state index < -0.39 is 0 Å². The summed E-state index contributed by atoms with van der Waals surface area (Å²) in [5, 5.41) is 4.76. The van der Waals surface area contributed by atoms with Gasteiger partial charge in [-0.3, -0.25) is 5.43 Å². The van der Waals surface area contributed by atoms with Gasteiger partial charge >= 0.3 is 0 Å². The Labute approximate surface area is 144 Å². The Hall–Kier alpha value is -2.61. The molecular weight excluding hydrogens is 292 g/mol. The molecule has 1 aliphatic carbocycles. The molecule has 0 spiro atoms. The van der Waals surface area contributed by atoms with Gasteiger partial charge in [0.25, 0.3) is 0 Å². The Bertz CT molecular complexity index is 798. The van der Waals surface area contributed by atoms with Gasteiger partial charge in [0.05, 0.1) is 11.4 Å². The second-order valence-corrected chi connectivity index (χ2v) is 6.46. The van der Waals surface area contributed by atoms with Gasteiger partial charge in [-0.15, -0.1) is 0 Å². The number of para-hydroxylation sites is 1. The van der Waals surface area contributed by atoms with Crippen LogP contribution in [0.3, 0.4) is 0 Å². The van der Waals surface area contributed by atoms with Gasteiger partial charge in [-0.05, 0) is 38.0 Å². The van der Waals surface area contributed by atoms with E-state index in [-0.39, 0.29) is 0 Å². The lowest BCUT2D eigenvalue weighted by atomic mass is 9.94. The average Bonchev–Trinajstić information content (AvgIpc) is 2.91. The van der Waals surface area contributed by atoms with Crippen LogP contribution in [0.15, 0.2) is 83.0 Å². The van der Waals surface area contributed by atoms with Crippen LogP contribution in [0.5, 0.6) is 0 Å². The third-order valence-electron chi connectivity index (χ3n) is 4.48. The van der Waals surface area contributed by atoms with Crippen molar-refractivity contribution in [1.82, 2.24) is 0 Å². The Morgan fingerprint density at radius 1 is 0.958 bits per heavy atom. The minimum absolute atomic E-state index is 0.433. The molecule has 24 heavy (non-hydrogen) atoms. The number of hydrogen-bond donors (Lipinski definition) is 1. The first-order valence-electron chi connectivity index (χ1n) is 8.44. The quantitative estimate of drug-likeness (QED) is 0.553. The third kappa shape index (κ3) is 3.83. The second kappa shape index (κ2) is 7.31. The van der Waals surface area contributed by atoms with E-state index in [1.54, 1.807) is 0 Å². The summed E-state index contributed by atoms with van der Waals surface area (Å²) in [6.45, 7) is 6.46. The average molecular weight is 316 g/mol. The molecule has 0 radical (unpaired) electrons. The highest BCUT2D eigenvalue weighted by Gasteiger charge is 2.17. The zero-order valence-corrected chi connectivity index (χ0v) is 14.6. The highest BCUT2D eigenvalue weighted by atomic mass is 15.3. The summed E-state index contributed by atoms with van der Waals surface area (Å²) < 4.78 is 0. The van der Waals surface area contributed by atoms with E-state index in [1.807, 2.05) is 18.2 Å². The molecule has 122 valence electrons. The maximum atomic E-state index is 4.76. The Balaban J connectivity index is 1.87. The van der Waals surface area contributed by atoms with E-state index >= 15 is 0 Å². The van der Waals surface area contributed by atoms with Crippen LogP contribution in [0.1, 0.15) is 31.4 Å². The van der Waals surface area contributed by atoms with Crippen LogP contribution in [0.4, 0.5) is 5.69 Å². The van der Waals surface area contributed by atoms with Crippen LogP contribution >= 0.6 is 0 Å². The number of anilines is 1. The molecule has 0 aliphatic heterocycles. The SMILES string of the molecule is CC1=CC(CC(=NNc2ccccc2C)c2ccccc2)C(C)=C1. The number of rotatable bonds is 5. The maximum Gasteiger partial charge on any atom is 0.0688 e. The molecule has 1 unspecified atom stereocenters. The van der Waals surface area contributed by atoms with E-state index in [9.17, 15) is 0 Å². The smallest absolute Gasteiger partial charge is 0.0688 e. The van der Waals surface area contributed by atoms with E-state index in [0.717, 1.165) is 17.8 Å². The van der Waals surface area contributed by atoms with Crippen molar-refractivity contribution in [2.24, 2.45) is 11.0 Å². The lowest BCUT2D eigenvalue weighted by Crippen LogP contribution is -2.10. The van der Waals surface area contributed by atoms with Gasteiger partial charge in [-0.2, -0.15) is 5.10 Å². The number of hydrazone groups is 1. The predicted molar refractivity (Wildman–Crippen MR) is 103 cm³/mol. The molecule has 1 N–H and O–H groups in total. The monoisotopic (exact) mass is 316 g/mol. The normalized spacial score (nSPS) is 17.5. The summed E-state index contributed by atoms with van der Waals surface area (Å²) in [5.41, 5.74) is 10.5. The van der Waals surface area contributed by atoms with Gasteiger partial charge in [0, 0.05) is 12.3 Å². The molecule has 0 aromatic heterocycles. The lowest BCUT2D eigenvalue weighted by molar-refractivity contribution is 0.812. The van der Waals surface area contributed by atoms with Crippen molar-refractivity contribution in [3.63, 3.8) is 0 Å². The first kappa shape index (κ1) is 16.3. The van der Waals surface area contributed by atoms with Crippen molar-refractivity contribution in [1.29, 1.82) is 0 Å². The molecule has 0 heterocycles. The van der Waals surface area contributed by atoms with E-state index in [0.29, 0.717) is 5.92 Å². The van der Waals surface area contributed by atoms with Gasteiger partial charge in [-0.1, -0.05) is 71.8 Å². The molecule has 2 nitrogen and oxygen atoms in total. The van der Waals surface area contributed by atoms with Crippen molar-refractivity contribution in [2.45, 2.75) is 27.2 Å². The summed E-state index contributed by atoms with van der Waals surface area (Å²) in [4.78, 5) is 0.